The van der Waals surface area contributed by atoms with Crippen LogP contribution >= 0.6 is 0 Å². The molecule has 3 aromatic rings. The maximum Gasteiger partial charge on any atom is 0.414 e. The smallest absolute Gasteiger partial charge is 0.414 e. The second kappa shape index (κ2) is 9.65. The monoisotopic (exact) mass is 454 g/mol. The summed E-state index contributed by atoms with van der Waals surface area (Å²) in [5.41, 5.74) is 2.32. The molecule has 11 heteroatoms. The molecule has 0 saturated carbocycles. The fourth-order valence-corrected chi connectivity index (χ4v) is 3.83. The van der Waals surface area contributed by atoms with Crippen LogP contribution in [0.2, 0.25) is 0 Å². The van der Waals surface area contributed by atoms with Crippen molar-refractivity contribution in [1.29, 1.82) is 0 Å². The van der Waals surface area contributed by atoms with E-state index in [-0.39, 0.29) is 11.8 Å². The lowest BCUT2D eigenvalue weighted by Crippen LogP contribution is -2.51. The Morgan fingerprint density at radius 2 is 1.82 bits per heavy atom. The van der Waals surface area contributed by atoms with Gasteiger partial charge in [-0.2, -0.15) is 4.98 Å². The Kier molecular flexibility index (Phi) is 6.50. The van der Waals surface area contributed by atoms with Gasteiger partial charge in [0, 0.05) is 25.3 Å². The number of para-hydroxylation sites is 1. The number of hydrogen-bond donors (Lipinski definition) is 2. The number of aromatic nitrogens is 2. The van der Waals surface area contributed by atoms with E-state index in [1.54, 1.807) is 18.4 Å². The number of aliphatic carboxylic acids is 2. The molecule has 33 heavy (non-hydrogen) atoms. The number of aryl methyl sites for hydroxylation is 1. The van der Waals surface area contributed by atoms with Gasteiger partial charge in [0.15, 0.2) is 5.76 Å². The minimum atomic E-state index is -1.82. The Morgan fingerprint density at radius 3 is 2.52 bits per heavy atom. The number of carboxylic acids is 2. The summed E-state index contributed by atoms with van der Waals surface area (Å²) >= 11 is 0. The van der Waals surface area contributed by atoms with E-state index >= 15 is 0 Å². The van der Waals surface area contributed by atoms with Gasteiger partial charge in [-0.1, -0.05) is 23.4 Å². The van der Waals surface area contributed by atoms with Gasteiger partial charge < -0.3 is 24.1 Å². The summed E-state index contributed by atoms with van der Waals surface area (Å²) in [5.74, 6) is -1.65. The lowest BCUT2D eigenvalue weighted by atomic mass is 9.99. The molecule has 2 aliphatic heterocycles. The van der Waals surface area contributed by atoms with Gasteiger partial charge in [-0.25, -0.2) is 9.59 Å². The second-order valence-corrected chi connectivity index (χ2v) is 7.71. The Balaban J connectivity index is 0.000000385. The highest BCUT2D eigenvalue weighted by Gasteiger charge is 2.35. The summed E-state index contributed by atoms with van der Waals surface area (Å²) in [4.78, 5) is 39.5. The molecule has 0 radical (unpaired) electrons. The van der Waals surface area contributed by atoms with E-state index in [1.807, 2.05) is 23.1 Å². The van der Waals surface area contributed by atoms with E-state index in [0.29, 0.717) is 24.0 Å². The average molecular weight is 454 g/mol. The van der Waals surface area contributed by atoms with E-state index in [2.05, 4.69) is 21.1 Å². The van der Waals surface area contributed by atoms with Crippen molar-refractivity contribution in [3.8, 4) is 11.6 Å². The number of amides is 1. The van der Waals surface area contributed by atoms with Crippen LogP contribution in [-0.2, 0) is 20.8 Å². The molecule has 11 nitrogen and oxygen atoms in total. The summed E-state index contributed by atoms with van der Waals surface area (Å²) in [5, 5.41) is 18.8. The third-order valence-electron chi connectivity index (χ3n) is 5.44. The van der Waals surface area contributed by atoms with Crippen LogP contribution in [0, 0.1) is 0 Å². The van der Waals surface area contributed by atoms with Crippen LogP contribution in [0.5, 0.6) is 0 Å². The first-order valence-corrected chi connectivity index (χ1v) is 10.4. The Morgan fingerprint density at radius 1 is 1.06 bits per heavy atom. The van der Waals surface area contributed by atoms with Gasteiger partial charge in [0.05, 0.1) is 18.7 Å². The van der Waals surface area contributed by atoms with Crippen molar-refractivity contribution in [3.05, 3.63) is 54.1 Å². The molecule has 1 saturated heterocycles. The summed E-state index contributed by atoms with van der Waals surface area (Å²) in [6.45, 7) is 2.72. The van der Waals surface area contributed by atoms with Crippen molar-refractivity contribution in [2.45, 2.75) is 18.8 Å². The van der Waals surface area contributed by atoms with Crippen LogP contribution in [0.3, 0.4) is 0 Å². The van der Waals surface area contributed by atoms with E-state index in [1.165, 1.54) is 5.56 Å². The van der Waals surface area contributed by atoms with Gasteiger partial charge in [0.25, 0.3) is 0 Å². The quantitative estimate of drug-likeness (QED) is 0.559. The van der Waals surface area contributed by atoms with Crippen molar-refractivity contribution in [3.63, 3.8) is 0 Å². The molecule has 1 aromatic carbocycles. The number of carbonyl (C=O) groups excluding carboxylic acids is 1. The van der Waals surface area contributed by atoms with Crippen molar-refractivity contribution in [2.24, 2.45) is 0 Å². The molecule has 172 valence electrons. The van der Waals surface area contributed by atoms with E-state index in [0.717, 1.165) is 38.2 Å². The highest BCUT2D eigenvalue weighted by molar-refractivity contribution is 6.27. The third-order valence-corrected chi connectivity index (χ3v) is 5.44. The molecule has 4 heterocycles. The molecule has 0 spiro atoms. The maximum atomic E-state index is 12.8. The number of furan rings is 1. The molecule has 5 rings (SSSR count). The maximum absolute atomic E-state index is 12.8. The summed E-state index contributed by atoms with van der Waals surface area (Å²) in [6, 6.07) is 11.8. The van der Waals surface area contributed by atoms with Gasteiger partial charge >= 0.3 is 11.9 Å². The van der Waals surface area contributed by atoms with Crippen molar-refractivity contribution in [2.75, 3.05) is 31.1 Å². The number of hydrogen-bond acceptors (Lipinski definition) is 8. The van der Waals surface area contributed by atoms with Crippen molar-refractivity contribution >= 4 is 23.5 Å². The molecule has 0 unspecified atom stereocenters. The van der Waals surface area contributed by atoms with Crippen LogP contribution in [0.1, 0.15) is 23.8 Å². The number of benzene rings is 1. The minimum absolute atomic E-state index is 0.155. The Labute approximate surface area is 188 Å². The van der Waals surface area contributed by atoms with Crippen LogP contribution in [0.4, 0.5) is 5.69 Å². The lowest BCUT2D eigenvalue weighted by molar-refractivity contribution is -0.159. The topological polar surface area (TPSA) is 150 Å². The molecule has 0 aliphatic carbocycles. The molecule has 2 N–H and O–H groups in total. The molecular weight excluding hydrogens is 432 g/mol. The van der Waals surface area contributed by atoms with Gasteiger partial charge in [-0.05, 0) is 36.6 Å². The molecule has 1 amide bonds. The largest absolute Gasteiger partial charge is 0.473 e. The first-order valence-electron chi connectivity index (χ1n) is 10.4. The summed E-state index contributed by atoms with van der Waals surface area (Å²) < 4.78 is 10.7. The molecule has 2 aromatic heterocycles. The van der Waals surface area contributed by atoms with Gasteiger partial charge in [0.1, 0.15) is 0 Å². The van der Waals surface area contributed by atoms with Crippen LogP contribution in [0.15, 0.2) is 51.6 Å². The number of nitrogens with zero attached hydrogens (tertiary/aromatic N) is 4. The van der Waals surface area contributed by atoms with E-state index < -0.39 is 11.9 Å². The van der Waals surface area contributed by atoms with Gasteiger partial charge in [0.2, 0.25) is 17.6 Å². The third kappa shape index (κ3) is 5.09. The van der Waals surface area contributed by atoms with Gasteiger partial charge in [-0.15, -0.1) is 0 Å². The highest BCUT2D eigenvalue weighted by Crippen LogP contribution is 2.30. The van der Waals surface area contributed by atoms with Crippen LogP contribution in [-0.4, -0.2) is 69.3 Å². The number of rotatable bonds is 4. The van der Waals surface area contributed by atoms with E-state index in [9.17, 15) is 4.79 Å². The Bertz CT molecular complexity index is 1120. The minimum Gasteiger partial charge on any atom is -0.473 e. The molecule has 1 fully saturated rings. The molecular formula is C22H22N4O7. The predicted molar refractivity (Wildman–Crippen MR) is 114 cm³/mol. The fourth-order valence-electron chi connectivity index (χ4n) is 3.83. The normalized spacial score (nSPS) is 15.7. The van der Waals surface area contributed by atoms with Crippen molar-refractivity contribution in [1.82, 2.24) is 15.0 Å². The molecule has 2 aliphatic rings. The zero-order chi connectivity index (χ0) is 23.4. The number of likely N-dealkylation sites (tertiary alicyclic amines) is 1. The van der Waals surface area contributed by atoms with E-state index in [4.69, 9.17) is 28.7 Å². The number of carboxylic acid groups (broad SMARTS) is 2. The highest BCUT2D eigenvalue weighted by atomic mass is 16.5. The zero-order valence-corrected chi connectivity index (χ0v) is 17.6. The fraction of sp³-hybridized carbons (Fsp3) is 0.318. The van der Waals surface area contributed by atoms with Crippen LogP contribution in [0.25, 0.3) is 11.6 Å². The first kappa shape index (κ1) is 22.2. The lowest BCUT2D eigenvalue weighted by Gasteiger charge is -2.38. The molecule has 0 atom stereocenters. The predicted octanol–water partition coefficient (Wildman–Crippen LogP) is 1.86. The first-order chi connectivity index (χ1) is 15.9. The number of fused-ring (bicyclic) bond motifs is 1. The standard InChI is InChI=1S/C20H20N4O3.C2H2O4/c25-18(24-9-3-6-14-5-1-2-7-16(14)24)13-23-11-15(12-23)20-21-19(22-27-20)17-8-4-10-26-17;3-1(4)2(5)6/h1-2,4-5,7-8,10,15H,3,6,9,11-13H2;(H,3,4)(H,5,6). The summed E-state index contributed by atoms with van der Waals surface area (Å²) in [7, 11) is 0. The SMILES string of the molecule is O=C(CN1CC(c2nc(-c3ccco3)no2)C1)N1CCCc2ccccc21.O=C(O)C(=O)O. The number of anilines is 1. The van der Waals surface area contributed by atoms with Crippen molar-refractivity contribution < 1.29 is 33.5 Å². The van der Waals surface area contributed by atoms with Crippen LogP contribution < -0.4 is 4.90 Å². The average Bonchev–Trinajstić information content (AvgIpc) is 3.48. The van der Waals surface area contributed by atoms with Gasteiger partial charge in [-0.3, -0.25) is 9.69 Å². The zero-order valence-electron chi connectivity index (χ0n) is 17.6. The second-order valence-electron chi connectivity index (χ2n) is 7.71. The summed E-state index contributed by atoms with van der Waals surface area (Å²) in [6.07, 6.45) is 3.64. The molecule has 0 bridgehead atoms. The number of carbonyl (C=O) groups is 3. The Hall–Kier alpha value is -3.99.